The molecule has 0 spiro atoms. The minimum absolute atomic E-state index is 0.0602. The topological polar surface area (TPSA) is 102 Å². The Kier molecular flexibility index (Phi) is 6.59. The first kappa shape index (κ1) is 26.7. The van der Waals surface area contributed by atoms with E-state index >= 15 is 0 Å². The number of alkyl halides is 3. The molecule has 3 aromatic heterocycles. The van der Waals surface area contributed by atoms with Gasteiger partial charge in [0.15, 0.2) is 17.3 Å². The fourth-order valence-electron chi connectivity index (χ4n) is 5.01. The Morgan fingerprint density at radius 3 is 2.46 bits per heavy atom. The average molecular weight is 565 g/mol. The van der Waals surface area contributed by atoms with E-state index in [-0.39, 0.29) is 18.2 Å². The summed E-state index contributed by atoms with van der Waals surface area (Å²) in [4.78, 5) is 38.5. The van der Waals surface area contributed by atoms with Gasteiger partial charge in [0.05, 0.1) is 19.0 Å². The lowest BCUT2D eigenvalue weighted by molar-refractivity contribution is -0.140. The third-order valence-electron chi connectivity index (χ3n) is 7.36. The van der Waals surface area contributed by atoms with Gasteiger partial charge < -0.3 is 19.1 Å². The van der Waals surface area contributed by atoms with Gasteiger partial charge in [-0.2, -0.15) is 13.2 Å². The van der Waals surface area contributed by atoms with Crippen LogP contribution < -0.4 is 14.5 Å². The number of aromatic nitrogens is 6. The Morgan fingerprint density at radius 2 is 1.80 bits per heavy atom. The number of anilines is 2. The summed E-state index contributed by atoms with van der Waals surface area (Å²) >= 11 is 0. The van der Waals surface area contributed by atoms with Crippen LogP contribution in [0.3, 0.4) is 0 Å². The van der Waals surface area contributed by atoms with Gasteiger partial charge >= 0.3 is 6.18 Å². The van der Waals surface area contributed by atoms with E-state index in [1.54, 1.807) is 37.4 Å². The number of ether oxygens (including phenoxy) is 1. The highest BCUT2D eigenvalue weighted by atomic mass is 19.4. The van der Waals surface area contributed by atoms with Gasteiger partial charge in [-0.15, -0.1) is 0 Å². The predicted octanol–water partition coefficient (Wildman–Crippen LogP) is 4.61. The van der Waals surface area contributed by atoms with Crippen molar-refractivity contribution in [2.24, 2.45) is 7.05 Å². The van der Waals surface area contributed by atoms with Crippen molar-refractivity contribution in [2.75, 3.05) is 30.5 Å². The van der Waals surface area contributed by atoms with Crippen LogP contribution >= 0.6 is 0 Å². The number of benzene rings is 1. The molecule has 1 aliphatic carbocycles. The highest BCUT2D eigenvalue weighted by Gasteiger charge is 2.35. The summed E-state index contributed by atoms with van der Waals surface area (Å²) in [5.41, 5.74) is 2.59. The van der Waals surface area contributed by atoms with Crippen molar-refractivity contribution in [3.8, 4) is 28.7 Å². The molecule has 0 bridgehead atoms. The third kappa shape index (κ3) is 5.07. The second-order valence-electron chi connectivity index (χ2n) is 10.2. The third-order valence-corrected chi connectivity index (χ3v) is 7.36. The van der Waals surface area contributed by atoms with Crippen LogP contribution in [-0.4, -0.2) is 56.1 Å². The zero-order valence-corrected chi connectivity index (χ0v) is 22.7. The first-order valence-electron chi connectivity index (χ1n) is 13.1. The number of rotatable bonds is 6. The molecule has 1 saturated carbocycles. The normalized spacial score (nSPS) is 15.6. The molecule has 0 radical (unpaired) electrons. The maximum absolute atomic E-state index is 13.1. The number of methoxy groups -OCH3 is 1. The first-order chi connectivity index (χ1) is 19.6. The van der Waals surface area contributed by atoms with E-state index < -0.39 is 11.9 Å². The van der Waals surface area contributed by atoms with Gasteiger partial charge in [0.1, 0.15) is 23.4 Å². The summed E-state index contributed by atoms with van der Waals surface area (Å²) in [6, 6.07) is 7.17. The van der Waals surface area contributed by atoms with Crippen molar-refractivity contribution in [2.45, 2.75) is 37.9 Å². The number of halogens is 3. The van der Waals surface area contributed by atoms with Crippen LogP contribution in [0.2, 0.25) is 0 Å². The number of carbonyl (C=O) groups excluding carboxylic acids is 1. The smallest absolute Gasteiger partial charge is 0.434 e. The number of hydrogen-bond acceptors (Lipinski definition) is 8. The van der Waals surface area contributed by atoms with Crippen LogP contribution in [0.4, 0.5) is 24.7 Å². The van der Waals surface area contributed by atoms with E-state index in [1.807, 2.05) is 17.0 Å². The van der Waals surface area contributed by atoms with Crippen LogP contribution in [0.5, 0.6) is 5.88 Å². The quantitative estimate of drug-likeness (QED) is 0.335. The standard InChI is InChI=1S/C28H27F3N8O2/c1-37-14-20(28(29,30)31)35-25(37)18-6-4-16(5-7-18)13-39-11-10-21(40)38(2)19-12-32-24(36-26(19)39)22-23(17-8-9-17)33-15-34-27(22)41-3/h4-7,12,14-15,17H,8-11,13H2,1-3H3. The van der Waals surface area contributed by atoms with E-state index in [2.05, 4.69) is 19.9 Å². The van der Waals surface area contributed by atoms with E-state index in [1.165, 1.54) is 17.9 Å². The van der Waals surface area contributed by atoms with Gasteiger partial charge in [0, 0.05) is 51.3 Å². The highest BCUT2D eigenvalue weighted by Crippen LogP contribution is 2.45. The maximum atomic E-state index is 13.1. The van der Waals surface area contributed by atoms with Gasteiger partial charge in [0.2, 0.25) is 11.8 Å². The molecule has 1 amide bonds. The number of nitrogens with zero attached hydrogens (tertiary/aromatic N) is 8. The molecule has 0 N–H and O–H groups in total. The van der Waals surface area contributed by atoms with Gasteiger partial charge in [-0.25, -0.2) is 24.9 Å². The van der Waals surface area contributed by atoms with Crippen molar-refractivity contribution >= 4 is 17.4 Å². The van der Waals surface area contributed by atoms with Crippen molar-refractivity contribution < 1.29 is 22.7 Å². The molecule has 4 aromatic rings. The SMILES string of the molecule is COc1ncnc(C2CC2)c1-c1ncc2c(n1)N(Cc1ccc(-c3nc(C(F)(F)F)cn3C)cc1)CCC(=O)N2C. The Bertz CT molecular complexity index is 1620. The Balaban J connectivity index is 1.35. The number of imidazole rings is 1. The predicted molar refractivity (Wildman–Crippen MR) is 144 cm³/mol. The van der Waals surface area contributed by atoms with Crippen molar-refractivity contribution in [3.05, 3.63) is 59.9 Å². The van der Waals surface area contributed by atoms with E-state index in [9.17, 15) is 18.0 Å². The molecule has 6 rings (SSSR count). The molecule has 4 heterocycles. The fraction of sp³-hybridized carbons (Fsp3) is 0.357. The summed E-state index contributed by atoms with van der Waals surface area (Å²) < 4.78 is 46.3. The second kappa shape index (κ2) is 10.1. The molecule has 2 aliphatic rings. The largest absolute Gasteiger partial charge is 0.480 e. The Morgan fingerprint density at radius 1 is 1.05 bits per heavy atom. The second-order valence-corrected chi connectivity index (χ2v) is 10.2. The molecule has 0 unspecified atom stereocenters. The van der Waals surface area contributed by atoms with Crippen LogP contribution in [0.25, 0.3) is 22.8 Å². The van der Waals surface area contributed by atoms with Gasteiger partial charge in [-0.05, 0) is 18.4 Å². The monoisotopic (exact) mass is 564 g/mol. The van der Waals surface area contributed by atoms with Crippen LogP contribution in [-0.2, 0) is 24.6 Å². The molecular weight excluding hydrogens is 537 g/mol. The maximum Gasteiger partial charge on any atom is 0.434 e. The van der Waals surface area contributed by atoms with Gasteiger partial charge in [-0.3, -0.25) is 4.79 Å². The van der Waals surface area contributed by atoms with E-state index in [0.29, 0.717) is 53.3 Å². The number of hydrogen-bond donors (Lipinski definition) is 0. The summed E-state index contributed by atoms with van der Waals surface area (Å²) in [6.07, 6.45) is 1.90. The lowest BCUT2D eigenvalue weighted by Gasteiger charge is -2.25. The minimum Gasteiger partial charge on any atom is -0.480 e. The number of amides is 1. The molecule has 10 nitrogen and oxygen atoms in total. The summed E-state index contributed by atoms with van der Waals surface area (Å²) in [5, 5.41) is 0. The molecule has 0 saturated heterocycles. The number of carbonyl (C=O) groups is 1. The molecule has 212 valence electrons. The zero-order valence-electron chi connectivity index (χ0n) is 22.7. The molecule has 1 fully saturated rings. The highest BCUT2D eigenvalue weighted by molar-refractivity contribution is 5.97. The average Bonchev–Trinajstić information content (AvgIpc) is 3.75. The van der Waals surface area contributed by atoms with Crippen LogP contribution in [0.15, 0.2) is 43.0 Å². The summed E-state index contributed by atoms with van der Waals surface area (Å²) in [6.45, 7) is 0.831. The Labute approximate surface area is 233 Å². The summed E-state index contributed by atoms with van der Waals surface area (Å²) in [5.74, 6) is 1.86. The number of fused-ring (bicyclic) bond motifs is 1. The zero-order chi connectivity index (χ0) is 28.9. The molecule has 41 heavy (non-hydrogen) atoms. The summed E-state index contributed by atoms with van der Waals surface area (Å²) in [7, 11) is 4.78. The molecule has 13 heteroatoms. The lowest BCUT2D eigenvalue weighted by atomic mass is 10.1. The lowest BCUT2D eigenvalue weighted by Crippen LogP contribution is -2.26. The van der Waals surface area contributed by atoms with Crippen molar-refractivity contribution in [3.63, 3.8) is 0 Å². The molecule has 1 aromatic carbocycles. The van der Waals surface area contributed by atoms with E-state index in [4.69, 9.17) is 9.72 Å². The van der Waals surface area contributed by atoms with Gasteiger partial charge in [-0.1, -0.05) is 24.3 Å². The number of aryl methyl sites for hydroxylation is 1. The van der Waals surface area contributed by atoms with Crippen molar-refractivity contribution in [1.82, 2.24) is 29.5 Å². The fourth-order valence-corrected chi connectivity index (χ4v) is 5.01. The van der Waals surface area contributed by atoms with E-state index in [0.717, 1.165) is 30.3 Å². The Hall–Kier alpha value is -4.55. The molecule has 1 aliphatic heterocycles. The van der Waals surface area contributed by atoms with Crippen LogP contribution in [0.1, 0.15) is 42.1 Å². The molecule has 0 atom stereocenters. The first-order valence-corrected chi connectivity index (χ1v) is 13.1. The van der Waals surface area contributed by atoms with Crippen LogP contribution in [0, 0.1) is 0 Å². The molecular formula is C28H27F3N8O2. The van der Waals surface area contributed by atoms with Gasteiger partial charge in [0.25, 0.3) is 0 Å². The minimum atomic E-state index is -4.52. The van der Waals surface area contributed by atoms with Crippen molar-refractivity contribution in [1.29, 1.82) is 0 Å².